The molecule has 1 saturated carbocycles. The molecule has 41 heavy (non-hydrogen) atoms. The third kappa shape index (κ3) is 7.87. The molecule has 4 rings (SSSR count). The first kappa shape index (κ1) is 30.1. The van der Waals surface area contributed by atoms with Gasteiger partial charge in [-0.1, -0.05) is 26.2 Å². The minimum absolute atomic E-state index is 0.148. The van der Waals surface area contributed by atoms with Crippen LogP contribution in [0.15, 0.2) is 42.5 Å². The van der Waals surface area contributed by atoms with E-state index >= 15 is 0 Å². The highest BCUT2D eigenvalue weighted by molar-refractivity contribution is 6.02. The van der Waals surface area contributed by atoms with Gasteiger partial charge in [0.2, 0.25) is 0 Å². The molecule has 5 amide bonds. The van der Waals surface area contributed by atoms with E-state index in [4.69, 9.17) is 4.74 Å². The lowest BCUT2D eigenvalue weighted by Crippen LogP contribution is -2.52. The fourth-order valence-corrected chi connectivity index (χ4v) is 5.23. The van der Waals surface area contributed by atoms with Crippen molar-refractivity contribution in [2.75, 3.05) is 37.4 Å². The van der Waals surface area contributed by atoms with E-state index < -0.39 is 24.0 Å². The molecule has 1 heterocycles. The van der Waals surface area contributed by atoms with E-state index in [1.54, 1.807) is 35.9 Å². The Hall–Kier alpha value is -3.86. The molecule has 0 spiro atoms. The Morgan fingerprint density at radius 2 is 1.76 bits per heavy atom. The van der Waals surface area contributed by atoms with Crippen molar-refractivity contribution in [1.82, 2.24) is 15.1 Å². The first-order valence-electron chi connectivity index (χ1n) is 14.2. The van der Waals surface area contributed by atoms with Crippen molar-refractivity contribution in [3.8, 4) is 5.75 Å². The third-order valence-corrected chi connectivity index (χ3v) is 7.76. The minimum Gasteiger partial charge on any atom is -0.487 e. The Labute approximate surface area is 240 Å². The quantitative estimate of drug-likeness (QED) is 0.386. The van der Waals surface area contributed by atoms with Crippen molar-refractivity contribution in [2.45, 2.75) is 64.1 Å². The van der Waals surface area contributed by atoms with Crippen LogP contribution in [-0.4, -0.2) is 77.8 Å². The predicted octanol–water partition coefficient (Wildman–Crippen LogP) is 4.66. The van der Waals surface area contributed by atoms with Gasteiger partial charge in [0, 0.05) is 36.9 Å². The molecule has 3 atom stereocenters. The van der Waals surface area contributed by atoms with E-state index in [1.807, 2.05) is 6.92 Å². The van der Waals surface area contributed by atoms with Gasteiger partial charge in [0.25, 0.3) is 5.91 Å². The lowest BCUT2D eigenvalue weighted by molar-refractivity contribution is 0.0366. The summed E-state index contributed by atoms with van der Waals surface area (Å²) in [5.74, 6) is -0.572. The Balaban J connectivity index is 1.52. The van der Waals surface area contributed by atoms with Gasteiger partial charge < -0.3 is 35.6 Å². The summed E-state index contributed by atoms with van der Waals surface area (Å²) in [6.07, 6.45) is 4.97. The maximum atomic E-state index is 13.7. The number of likely N-dealkylation sites (N-methyl/N-ethyl adjacent to an activating group) is 1. The maximum Gasteiger partial charge on any atom is 0.323 e. The van der Waals surface area contributed by atoms with Crippen LogP contribution < -0.4 is 20.7 Å². The van der Waals surface area contributed by atoms with Crippen molar-refractivity contribution >= 4 is 29.3 Å². The summed E-state index contributed by atoms with van der Waals surface area (Å²) in [5, 5.41) is 18.3. The fraction of sp³-hybridized carbons (Fsp3) is 0.500. The molecule has 1 aliphatic carbocycles. The molecule has 0 radical (unpaired) electrons. The number of nitrogens with zero attached hydrogens (tertiary/aromatic N) is 2. The number of hydrogen-bond donors (Lipinski definition) is 4. The third-order valence-electron chi connectivity index (χ3n) is 7.76. The zero-order chi connectivity index (χ0) is 29.5. The van der Waals surface area contributed by atoms with Gasteiger partial charge in [0.05, 0.1) is 24.8 Å². The van der Waals surface area contributed by atoms with Gasteiger partial charge in [-0.3, -0.25) is 4.79 Å². The molecule has 0 aromatic heterocycles. The molecular formula is C30H40FN5O5. The van der Waals surface area contributed by atoms with E-state index in [9.17, 15) is 23.9 Å². The zero-order valence-electron chi connectivity index (χ0n) is 23.9. The van der Waals surface area contributed by atoms with E-state index in [0.29, 0.717) is 30.2 Å². The lowest BCUT2D eigenvalue weighted by atomic mass is 9.96. The summed E-state index contributed by atoms with van der Waals surface area (Å²) in [4.78, 5) is 42.4. The number of carbonyl (C=O) groups is 3. The number of carbonyl (C=O) groups excluding carboxylic acids is 3. The van der Waals surface area contributed by atoms with Crippen LogP contribution in [0.2, 0.25) is 0 Å². The van der Waals surface area contributed by atoms with Gasteiger partial charge in [-0.05, 0) is 62.2 Å². The summed E-state index contributed by atoms with van der Waals surface area (Å²) in [6.45, 7) is 4.12. The molecule has 11 heteroatoms. The number of anilines is 2. The number of rotatable bonds is 7. The van der Waals surface area contributed by atoms with Crippen molar-refractivity contribution in [1.29, 1.82) is 0 Å². The molecule has 1 aliphatic heterocycles. The smallest absolute Gasteiger partial charge is 0.323 e. The van der Waals surface area contributed by atoms with Crippen LogP contribution in [0.5, 0.6) is 5.75 Å². The standard InChI is InChI=1S/C30H40FN5O5/c1-19-16-36(20(2)18-37)28(38)25-15-24(33-29(39)32-23-11-9-21(31)10-12-23)13-14-26(25)41-27(19)17-35(3)30(40)34-22-7-5-4-6-8-22/h9-15,19-20,22,27,37H,4-8,16-18H2,1-3H3,(H,34,40)(H2,32,33,39)/t19-,20+,27-/m0/s1. The van der Waals surface area contributed by atoms with Crippen molar-refractivity contribution in [3.05, 3.63) is 53.8 Å². The van der Waals surface area contributed by atoms with E-state index in [1.165, 1.54) is 36.8 Å². The number of fused-ring (bicyclic) bond motifs is 1. The van der Waals surface area contributed by atoms with Crippen LogP contribution in [0.3, 0.4) is 0 Å². The summed E-state index contributed by atoms with van der Waals surface area (Å²) < 4.78 is 19.5. The van der Waals surface area contributed by atoms with Crippen LogP contribution in [0.1, 0.15) is 56.3 Å². The van der Waals surface area contributed by atoms with Crippen molar-refractivity contribution < 1.29 is 28.6 Å². The highest BCUT2D eigenvalue weighted by Gasteiger charge is 2.34. The lowest BCUT2D eigenvalue weighted by Gasteiger charge is -2.38. The summed E-state index contributed by atoms with van der Waals surface area (Å²) in [7, 11) is 1.74. The second-order valence-corrected chi connectivity index (χ2v) is 11.1. The molecule has 0 unspecified atom stereocenters. The second-order valence-electron chi connectivity index (χ2n) is 11.1. The van der Waals surface area contributed by atoms with Crippen LogP contribution in [0.25, 0.3) is 0 Å². The molecule has 0 bridgehead atoms. The Morgan fingerprint density at radius 3 is 2.44 bits per heavy atom. The van der Waals surface area contributed by atoms with E-state index in [0.717, 1.165) is 25.7 Å². The van der Waals surface area contributed by atoms with Gasteiger partial charge in [-0.15, -0.1) is 0 Å². The van der Waals surface area contributed by atoms with Crippen LogP contribution in [-0.2, 0) is 0 Å². The van der Waals surface area contributed by atoms with Gasteiger partial charge in [-0.2, -0.15) is 0 Å². The highest BCUT2D eigenvalue weighted by Crippen LogP contribution is 2.31. The maximum absolute atomic E-state index is 13.7. The van der Waals surface area contributed by atoms with Crippen molar-refractivity contribution in [2.24, 2.45) is 5.92 Å². The monoisotopic (exact) mass is 569 g/mol. The zero-order valence-corrected chi connectivity index (χ0v) is 23.9. The average molecular weight is 570 g/mol. The molecule has 1 fully saturated rings. The van der Waals surface area contributed by atoms with Crippen molar-refractivity contribution in [3.63, 3.8) is 0 Å². The average Bonchev–Trinajstić information content (AvgIpc) is 2.96. The molecule has 222 valence electrons. The number of ether oxygens (including phenoxy) is 1. The number of hydrogen-bond acceptors (Lipinski definition) is 5. The number of halogens is 1. The van der Waals surface area contributed by atoms with Gasteiger partial charge in [0.1, 0.15) is 17.7 Å². The first-order chi connectivity index (χ1) is 19.6. The second kappa shape index (κ2) is 13.7. The first-order valence-corrected chi connectivity index (χ1v) is 14.2. The van der Waals surface area contributed by atoms with Gasteiger partial charge in [-0.25, -0.2) is 14.0 Å². The van der Waals surface area contributed by atoms with Crippen LogP contribution >= 0.6 is 0 Å². The molecular weight excluding hydrogens is 529 g/mol. The molecule has 0 saturated heterocycles. The SMILES string of the molecule is C[C@H](CO)N1C[C@H](C)[C@H](CN(C)C(=O)NC2CCCCC2)Oc2ccc(NC(=O)Nc3ccc(F)cc3)cc2C1=O. The normalized spacial score (nSPS) is 20.1. The molecule has 2 aromatic carbocycles. The Bertz CT molecular complexity index is 1220. The van der Waals surface area contributed by atoms with E-state index in [-0.39, 0.29) is 36.1 Å². The van der Waals surface area contributed by atoms with Crippen LogP contribution in [0.4, 0.5) is 25.4 Å². The van der Waals surface area contributed by atoms with Crippen LogP contribution in [0, 0.1) is 11.7 Å². The topological polar surface area (TPSA) is 123 Å². The number of benzene rings is 2. The van der Waals surface area contributed by atoms with Gasteiger partial charge in [0.15, 0.2) is 0 Å². The summed E-state index contributed by atoms with van der Waals surface area (Å²) >= 11 is 0. The number of aliphatic hydroxyl groups is 1. The highest BCUT2D eigenvalue weighted by atomic mass is 19.1. The van der Waals surface area contributed by atoms with E-state index in [2.05, 4.69) is 16.0 Å². The predicted molar refractivity (Wildman–Crippen MR) is 155 cm³/mol. The Kier molecular flexibility index (Phi) is 10.0. The number of nitrogens with one attached hydrogen (secondary N) is 3. The Morgan fingerprint density at radius 1 is 1.10 bits per heavy atom. The van der Waals surface area contributed by atoms with Gasteiger partial charge >= 0.3 is 12.1 Å². The number of urea groups is 2. The summed E-state index contributed by atoms with van der Waals surface area (Å²) in [5.41, 5.74) is 0.994. The fourth-order valence-electron chi connectivity index (χ4n) is 5.23. The molecule has 2 aromatic rings. The molecule has 4 N–H and O–H groups in total. The minimum atomic E-state index is -0.562. The molecule has 10 nitrogen and oxygen atoms in total. The number of aliphatic hydroxyl groups excluding tert-OH is 1. The largest absolute Gasteiger partial charge is 0.487 e. The molecule has 2 aliphatic rings. The number of amides is 5. The summed E-state index contributed by atoms with van der Waals surface area (Å²) in [6, 6.07) is 9.14.